The Morgan fingerprint density at radius 1 is 1.73 bits per heavy atom. The maximum absolute atomic E-state index is 5.75. The van der Waals surface area contributed by atoms with Crippen LogP contribution in [0.1, 0.15) is 6.92 Å². The van der Waals surface area contributed by atoms with E-state index in [1.165, 1.54) is 4.21 Å². The van der Waals surface area contributed by atoms with Gasteiger partial charge in [0.25, 0.3) is 0 Å². The maximum Gasteiger partial charge on any atom is 0.0940 e. The summed E-state index contributed by atoms with van der Waals surface area (Å²) >= 11 is 9.11. The molecule has 1 atom stereocenters. The molecule has 0 amide bonds. The molecule has 1 unspecified atom stereocenters. The fraction of sp³-hybridized carbons (Fsp3) is 0.429. The van der Waals surface area contributed by atoms with Crippen molar-refractivity contribution in [2.24, 2.45) is 5.73 Å². The summed E-state index contributed by atoms with van der Waals surface area (Å²) < 4.78 is 2.09. The van der Waals surface area contributed by atoms with Gasteiger partial charge in [-0.25, -0.2) is 0 Å². The molecule has 0 bridgehead atoms. The van der Waals surface area contributed by atoms with Crippen LogP contribution in [0.3, 0.4) is 0 Å². The van der Waals surface area contributed by atoms with Gasteiger partial charge in [0.1, 0.15) is 0 Å². The first kappa shape index (κ1) is 9.39. The molecule has 0 aliphatic heterocycles. The molecule has 0 saturated heterocycles. The molecule has 0 fully saturated rings. The fourth-order valence-electron chi connectivity index (χ4n) is 0.589. The third-order valence-corrected chi connectivity index (χ3v) is 3.78. The van der Waals surface area contributed by atoms with E-state index in [0.29, 0.717) is 0 Å². The highest BCUT2D eigenvalue weighted by atomic mass is 35.5. The topological polar surface area (TPSA) is 26.0 Å². The van der Waals surface area contributed by atoms with Gasteiger partial charge in [0.15, 0.2) is 0 Å². The molecule has 0 aliphatic carbocycles. The van der Waals surface area contributed by atoms with E-state index in [0.717, 1.165) is 10.1 Å². The lowest BCUT2D eigenvalue weighted by molar-refractivity contribution is 0.848. The van der Waals surface area contributed by atoms with Crippen molar-refractivity contribution >= 4 is 34.7 Å². The van der Waals surface area contributed by atoms with Crippen molar-refractivity contribution in [3.8, 4) is 0 Å². The summed E-state index contributed by atoms with van der Waals surface area (Å²) in [7, 11) is 0. The van der Waals surface area contributed by atoms with Gasteiger partial charge in [0, 0.05) is 11.8 Å². The van der Waals surface area contributed by atoms with Gasteiger partial charge < -0.3 is 5.73 Å². The van der Waals surface area contributed by atoms with Crippen molar-refractivity contribution in [1.82, 2.24) is 0 Å². The highest BCUT2D eigenvalue weighted by molar-refractivity contribution is 8.01. The summed E-state index contributed by atoms with van der Waals surface area (Å²) in [5.41, 5.74) is 5.60. The van der Waals surface area contributed by atoms with Crippen molar-refractivity contribution in [2.75, 3.05) is 5.75 Å². The molecule has 1 rings (SSSR count). The predicted molar refractivity (Wildman–Crippen MR) is 53.7 cm³/mol. The summed E-state index contributed by atoms with van der Waals surface area (Å²) in [5.74, 6) is 0.955. The van der Waals surface area contributed by atoms with Crippen molar-refractivity contribution in [3.05, 3.63) is 16.5 Å². The van der Waals surface area contributed by atoms with Crippen molar-refractivity contribution in [3.63, 3.8) is 0 Å². The molecule has 1 heterocycles. The molecular formula is C7H10ClNS2. The number of hydrogen-bond acceptors (Lipinski definition) is 3. The van der Waals surface area contributed by atoms with Gasteiger partial charge in [0.05, 0.1) is 8.55 Å². The molecule has 1 nitrogen and oxygen atoms in total. The minimum atomic E-state index is 0.251. The Balaban J connectivity index is 2.39. The summed E-state index contributed by atoms with van der Waals surface area (Å²) in [6.45, 7) is 2.00. The van der Waals surface area contributed by atoms with E-state index < -0.39 is 0 Å². The monoisotopic (exact) mass is 207 g/mol. The van der Waals surface area contributed by atoms with Gasteiger partial charge in [-0.2, -0.15) is 0 Å². The Morgan fingerprint density at radius 2 is 2.45 bits per heavy atom. The number of halogens is 1. The van der Waals surface area contributed by atoms with Crippen LogP contribution in [-0.4, -0.2) is 11.8 Å². The number of rotatable bonds is 3. The molecular weight excluding hydrogens is 198 g/mol. The van der Waals surface area contributed by atoms with E-state index in [1.807, 2.05) is 19.1 Å². The van der Waals surface area contributed by atoms with E-state index in [2.05, 4.69) is 0 Å². The molecule has 0 aliphatic rings. The highest BCUT2D eigenvalue weighted by Crippen LogP contribution is 2.30. The number of nitrogens with two attached hydrogens (primary N) is 1. The van der Waals surface area contributed by atoms with E-state index in [1.54, 1.807) is 23.1 Å². The molecule has 0 aromatic carbocycles. The molecule has 4 heteroatoms. The third-order valence-electron chi connectivity index (χ3n) is 1.04. The van der Waals surface area contributed by atoms with Crippen molar-refractivity contribution in [1.29, 1.82) is 0 Å². The summed E-state index contributed by atoms with van der Waals surface area (Å²) in [4.78, 5) is 0. The van der Waals surface area contributed by atoms with E-state index in [-0.39, 0.29) is 6.04 Å². The van der Waals surface area contributed by atoms with Gasteiger partial charge in [-0.05, 0) is 19.1 Å². The van der Waals surface area contributed by atoms with Crippen LogP contribution in [0, 0.1) is 0 Å². The Hall–Kier alpha value is 0.300. The molecule has 0 spiro atoms. The van der Waals surface area contributed by atoms with Gasteiger partial charge in [0.2, 0.25) is 0 Å². The van der Waals surface area contributed by atoms with Gasteiger partial charge >= 0.3 is 0 Å². The predicted octanol–water partition coefficient (Wildman–Crippen LogP) is 2.84. The summed E-state index contributed by atoms with van der Waals surface area (Å²) in [5, 5.41) is 0. The zero-order valence-electron chi connectivity index (χ0n) is 6.21. The van der Waals surface area contributed by atoms with Crippen LogP contribution in [0.25, 0.3) is 0 Å². The average molecular weight is 208 g/mol. The van der Waals surface area contributed by atoms with E-state index in [4.69, 9.17) is 17.3 Å². The molecule has 1 aromatic rings. The third kappa shape index (κ3) is 3.47. The largest absolute Gasteiger partial charge is 0.327 e. The second-order valence-electron chi connectivity index (χ2n) is 2.35. The average Bonchev–Trinajstić information content (AvgIpc) is 2.31. The number of thiophene rings is 1. The summed E-state index contributed by atoms with van der Waals surface area (Å²) in [6.07, 6.45) is 0. The van der Waals surface area contributed by atoms with Gasteiger partial charge in [-0.3, -0.25) is 0 Å². The lowest BCUT2D eigenvalue weighted by atomic mass is 10.4. The van der Waals surface area contributed by atoms with Gasteiger partial charge in [-0.1, -0.05) is 11.6 Å². The molecule has 62 valence electrons. The van der Waals surface area contributed by atoms with Crippen LogP contribution in [-0.2, 0) is 0 Å². The Bertz CT molecular complexity index is 222. The molecule has 0 radical (unpaired) electrons. The first-order valence-electron chi connectivity index (χ1n) is 3.32. The lowest BCUT2D eigenvalue weighted by Crippen LogP contribution is -2.17. The first-order valence-corrected chi connectivity index (χ1v) is 5.50. The summed E-state index contributed by atoms with van der Waals surface area (Å²) in [6, 6.07) is 4.19. The molecule has 2 N–H and O–H groups in total. The second-order valence-corrected chi connectivity index (χ2v) is 5.38. The normalized spacial score (nSPS) is 13.4. The van der Waals surface area contributed by atoms with Gasteiger partial charge in [-0.15, -0.1) is 23.1 Å². The maximum atomic E-state index is 5.75. The lowest BCUT2D eigenvalue weighted by Gasteiger charge is -2.00. The van der Waals surface area contributed by atoms with Crippen LogP contribution in [0.2, 0.25) is 4.34 Å². The van der Waals surface area contributed by atoms with Crippen LogP contribution >= 0.6 is 34.7 Å². The first-order chi connectivity index (χ1) is 5.18. The SMILES string of the molecule is CC(N)CSc1ccc(Cl)s1. The van der Waals surface area contributed by atoms with E-state index in [9.17, 15) is 0 Å². The van der Waals surface area contributed by atoms with Crippen molar-refractivity contribution < 1.29 is 0 Å². The quantitative estimate of drug-likeness (QED) is 0.772. The zero-order chi connectivity index (χ0) is 8.27. The Kier molecular flexibility index (Phi) is 3.72. The molecule has 11 heavy (non-hydrogen) atoms. The Labute approximate surface area is 79.9 Å². The molecule has 1 aromatic heterocycles. The zero-order valence-corrected chi connectivity index (χ0v) is 8.60. The minimum absolute atomic E-state index is 0.251. The minimum Gasteiger partial charge on any atom is -0.327 e. The van der Waals surface area contributed by atoms with Crippen LogP contribution in [0.5, 0.6) is 0 Å². The van der Waals surface area contributed by atoms with Crippen LogP contribution < -0.4 is 5.73 Å². The number of thioether (sulfide) groups is 1. The van der Waals surface area contributed by atoms with Crippen molar-refractivity contribution in [2.45, 2.75) is 17.2 Å². The van der Waals surface area contributed by atoms with Crippen LogP contribution in [0.4, 0.5) is 0 Å². The Morgan fingerprint density at radius 3 is 2.91 bits per heavy atom. The second kappa shape index (κ2) is 4.36. The fourth-order valence-corrected chi connectivity index (χ4v) is 2.80. The van der Waals surface area contributed by atoms with E-state index >= 15 is 0 Å². The van der Waals surface area contributed by atoms with Crippen LogP contribution in [0.15, 0.2) is 16.3 Å². The number of hydrogen-bond donors (Lipinski definition) is 1. The smallest absolute Gasteiger partial charge is 0.0940 e. The molecule has 0 saturated carbocycles. The highest BCUT2D eigenvalue weighted by Gasteiger charge is 1.99. The standard InChI is InChI=1S/C7H10ClNS2/c1-5(9)4-10-7-3-2-6(8)11-7/h2-3,5H,4,9H2,1H3.